The van der Waals surface area contributed by atoms with Crippen molar-refractivity contribution < 1.29 is 4.79 Å². The molecule has 2 heterocycles. The molecule has 0 atom stereocenters. The lowest BCUT2D eigenvalue weighted by molar-refractivity contribution is 0.101. The van der Waals surface area contributed by atoms with Gasteiger partial charge in [-0.1, -0.05) is 11.6 Å². The Morgan fingerprint density at radius 1 is 1.50 bits per heavy atom. The van der Waals surface area contributed by atoms with E-state index in [1.165, 1.54) is 13.1 Å². The third kappa shape index (κ3) is 2.68. The van der Waals surface area contributed by atoms with E-state index in [2.05, 4.69) is 15.4 Å². The molecule has 6 heteroatoms. The van der Waals surface area contributed by atoms with Crippen LogP contribution in [0.1, 0.15) is 24.2 Å². The lowest BCUT2D eigenvalue weighted by Crippen LogP contribution is -2.00. The van der Waals surface area contributed by atoms with Crippen molar-refractivity contribution in [3.8, 4) is 0 Å². The molecule has 5 nitrogen and oxygen atoms in total. The molecule has 0 aromatic carbocycles. The first-order valence-electron chi connectivity index (χ1n) is 5.57. The summed E-state index contributed by atoms with van der Waals surface area (Å²) in [5.41, 5.74) is 0.550. The summed E-state index contributed by atoms with van der Waals surface area (Å²) in [4.78, 5) is 15.6. The number of nitrogens with zero attached hydrogens (tertiary/aromatic N) is 3. The van der Waals surface area contributed by atoms with Gasteiger partial charge in [0, 0.05) is 18.9 Å². The molecule has 0 spiro atoms. The minimum absolute atomic E-state index is 0.0360. The number of carbonyl (C=O) groups is 1. The standard InChI is InChI=1S/C12H13ClN4O/c1-3-17-7-10(8(2)18)12(16-17)15-11-5-4-9(13)6-14-11/h4-7H,3H2,1-2H3,(H,14,15,16). The van der Waals surface area contributed by atoms with Gasteiger partial charge in [-0.25, -0.2) is 4.98 Å². The second kappa shape index (κ2) is 5.18. The average Bonchev–Trinajstić information content (AvgIpc) is 2.75. The zero-order valence-electron chi connectivity index (χ0n) is 10.1. The normalized spacial score (nSPS) is 10.4. The Balaban J connectivity index is 2.30. The van der Waals surface area contributed by atoms with Crippen LogP contribution in [-0.2, 0) is 6.54 Å². The van der Waals surface area contributed by atoms with E-state index in [0.717, 1.165) is 0 Å². The molecule has 0 aliphatic carbocycles. The van der Waals surface area contributed by atoms with E-state index >= 15 is 0 Å². The van der Waals surface area contributed by atoms with Gasteiger partial charge in [-0.15, -0.1) is 0 Å². The molecule has 1 N–H and O–H groups in total. The van der Waals surface area contributed by atoms with Crippen molar-refractivity contribution in [3.63, 3.8) is 0 Å². The summed E-state index contributed by atoms with van der Waals surface area (Å²) in [5, 5.41) is 7.85. The topological polar surface area (TPSA) is 59.8 Å². The Bertz CT molecular complexity index is 562. The predicted molar refractivity (Wildman–Crippen MR) is 70.4 cm³/mol. The fourth-order valence-electron chi connectivity index (χ4n) is 1.50. The summed E-state index contributed by atoms with van der Waals surface area (Å²) >= 11 is 5.76. The van der Waals surface area contributed by atoms with Crippen molar-refractivity contribution in [1.82, 2.24) is 14.8 Å². The van der Waals surface area contributed by atoms with E-state index in [0.29, 0.717) is 28.8 Å². The van der Waals surface area contributed by atoms with Crippen molar-refractivity contribution in [1.29, 1.82) is 0 Å². The van der Waals surface area contributed by atoms with Gasteiger partial charge in [0.1, 0.15) is 5.82 Å². The SMILES string of the molecule is CCn1cc(C(C)=O)c(Nc2ccc(Cl)cn2)n1. The molecule has 0 radical (unpaired) electrons. The number of anilines is 2. The Hall–Kier alpha value is -1.88. The van der Waals surface area contributed by atoms with Gasteiger partial charge in [-0.3, -0.25) is 9.48 Å². The zero-order chi connectivity index (χ0) is 13.1. The minimum atomic E-state index is -0.0360. The Kier molecular flexibility index (Phi) is 3.62. The van der Waals surface area contributed by atoms with Gasteiger partial charge in [-0.05, 0) is 26.0 Å². The van der Waals surface area contributed by atoms with E-state index < -0.39 is 0 Å². The van der Waals surface area contributed by atoms with Crippen LogP contribution in [0.25, 0.3) is 0 Å². The summed E-state index contributed by atoms with van der Waals surface area (Å²) in [6, 6.07) is 3.46. The highest BCUT2D eigenvalue weighted by Crippen LogP contribution is 2.19. The highest BCUT2D eigenvalue weighted by molar-refractivity contribution is 6.30. The van der Waals surface area contributed by atoms with E-state index in [4.69, 9.17) is 11.6 Å². The van der Waals surface area contributed by atoms with Gasteiger partial charge in [0.15, 0.2) is 11.6 Å². The maximum atomic E-state index is 11.5. The minimum Gasteiger partial charge on any atom is -0.323 e. The van der Waals surface area contributed by atoms with Gasteiger partial charge in [0.25, 0.3) is 0 Å². The highest BCUT2D eigenvalue weighted by Gasteiger charge is 2.12. The average molecular weight is 265 g/mol. The number of Topliss-reactive ketones (excluding diaryl/α,β-unsaturated/α-hetero) is 1. The summed E-state index contributed by atoms with van der Waals surface area (Å²) in [6.07, 6.45) is 3.26. The molecule has 0 saturated carbocycles. The summed E-state index contributed by atoms with van der Waals surface area (Å²) < 4.78 is 1.70. The highest BCUT2D eigenvalue weighted by atomic mass is 35.5. The molecule has 0 bridgehead atoms. The van der Waals surface area contributed by atoms with Crippen LogP contribution in [0.15, 0.2) is 24.5 Å². The van der Waals surface area contributed by atoms with Gasteiger partial charge < -0.3 is 5.32 Å². The number of carbonyl (C=O) groups excluding carboxylic acids is 1. The van der Waals surface area contributed by atoms with E-state index in [1.54, 1.807) is 23.0 Å². The number of aromatic nitrogens is 3. The molecule has 0 saturated heterocycles. The second-order valence-electron chi connectivity index (χ2n) is 3.79. The molecule has 94 valence electrons. The molecule has 2 aromatic heterocycles. The first-order chi connectivity index (χ1) is 8.60. The number of nitrogens with one attached hydrogen (secondary N) is 1. The molecule has 18 heavy (non-hydrogen) atoms. The lowest BCUT2D eigenvalue weighted by Gasteiger charge is -2.03. The van der Waals surface area contributed by atoms with Crippen LogP contribution in [-0.4, -0.2) is 20.5 Å². The molecule has 0 unspecified atom stereocenters. The fourth-order valence-corrected chi connectivity index (χ4v) is 1.62. The summed E-state index contributed by atoms with van der Waals surface area (Å²) in [7, 11) is 0. The molecule has 0 amide bonds. The van der Waals surface area contributed by atoms with Gasteiger partial charge in [0.05, 0.1) is 10.6 Å². The lowest BCUT2D eigenvalue weighted by atomic mass is 10.2. The first-order valence-corrected chi connectivity index (χ1v) is 5.95. The third-order valence-electron chi connectivity index (χ3n) is 2.44. The maximum Gasteiger partial charge on any atom is 0.165 e. The molecule has 2 rings (SSSR count). The van der Waals surface area contributed by atoms with Crippen LogP contribution in [0.5, 0.6) is 0 Å². The number of aryl methyl sites for hydroxylation is 1. The Labute approximate surface area is 110 Å². The van der Waals surface area contributed by atoms with Gasteiger partial charge in [0.2, 0.25) is 0 Å². The van der Waals surface area contributed by atoms with Crippen LogP contribution in [0, 0.1) is 0 Å². The molecule has 0 aliphatic rings. The second-order valence-corrected chi connectivity index (χ2v) is 4.23. The monoisotopic (exact) mass is 264 g/mol. The van der Waals surface area contributed by atoms with Crippen LogP contribution in [0.3, 0.4) is 0 Å². The predicted octanol–water partition coefficient (Wildman–Crippen LogP) is 2.90. The van der Waals surface area contributed by atoms with Crippen LogP contribution in [0.2, 0.25) is 5.02 Å². The van der Waals surface area contributed by atoms with Crippen LogP contribution >= 0.6 is 11.6 Å². The number of pyridine rings is 1. The number of rotatable bonds is 4. The van der Waals surface area contributed by atoms with Crippen molar-refractivity contribution >= 4 is 29.0 Å². The van der Waals surface area contributed by atoms with E-state index in [1.807, 2.05) is 6.92 Å². The first kappa shape index (κ1) is 12.6. The van der Waals surface area contributed by atoms with Gasteiger partial charge >= 0.3 is 0 Å². The summed E-state index contributed by atoms with van der Waals surface area (Å²) in [6.45, 7) is 4.18. The van der Waals surface area contributed by atoms with E-state index in [9.17, 15) is 4.79 Å². The number of hydrogen-bond donors (Lipinski definition) is 1. The van der Waals surface area contributed by atoms with Crippen molar-refractivity contribution in [2.45, 2.75) is 20.4 Å². The smallest absolute Gasteiger partial charge is 0.165 e. The maximum absolute atomic E-state index is 11.5. The van der Waals surface area contributed by atoms with Crippen molar-refractivity contribution in [2.24, 2.45) is 0 Å². The third-order valence-corrected chi connectivity index (χ3v) is 2.66. The molecular formula is C12H13ClN4O. The largest absolute Gasteiger partial charge is 0.323 e. The number of halogens is 1. The molecule has 0 aliphatic heterocycles. The van der Waals surface area contributed by atoms with Crippen LogP contribution in [0.4, 0.5) is 11.6 Å². The Morgan fingerprint density at radius 3 is 2.83 bits per heavy atom. The molecular weight excluding hydrogens is 252 g/mol. The summed E-state index contributed by atoms with van der Waals surface area (Å²) in [5.74, 6) is 1.08. The van der Waals surface area contributed by atoms with Gasteiger partial charge in [-0.2, -0.15) is 5.10 Å². The van der Waals surface area contributed by atoms with Crippen molar-refractivity contribution in [2.75, 3.05) is 5.32 Å². The molecule has 0 fully saturated rings. The molecule has 2 aromatic rings. The van der Waals surface area contributed by atoms with Crippen molar-refractivity contribution in [3.05, 3.63) is 35.1 Å². The van der Waals surface area contributed by atoms with Crippen LogP contribution < -0.4 is 5.32 Å². The number of ketones is 1. The number of hydrogen-bond acceptors (Lipinski definition) is 4. The quantitative estimate of drug-likeness (QED) is 0.863. The zero-order valence-corrected chi connectivity index (χ0v) is 10.9. The van der Waals surface area contributed by atoms with E-state index in [-0.39, 0.29) is 5.78 Å². The fraction of sp³-hybridized carbons (Fsp3) is 0.250. The Morgan fingerprint density at radius 2 is 2.28 bits per heavy atom.